The molecule has 2 aromatic rings. The molecule has 7 heteroatoms. The Morgan fingerprint density at radius 1 is 1.25 bits per heavy atom. The molecule has 1 saturated heterocycles. The van der Waals surface area contributed by atoms with Crippen molar-refractivity contribution in [3.63, 3.8) is 0 Å². The number of nitrogens with zero attached hydrogens (tertiary/aromatic N) is 3. The van der Waals surface area contributed by atoms with E-state index in [1.807, 2.05) is 26.2 Å². The molecule has 3 rings (SSSR count). The first kappa shape index (κ1) is 20.7. The Labute approximate surface area is 170 Å². The number of hydrogen-bond donors (Lipinski definition) is 1. The Bertz CT molecular complexity index is 805. The lowest BCUT2D eigenvalue weighted by Gasteiger charge is -2.36. The number of benzene rings is 1. The minimum atomic E-state index is -0.545. The lowest BCUT2D eigenvalue weighted by molar-refractivity contribution is -0.125. The van der Waals surface area contributed by atoms with E-state index in [1.54, 1.807) is 28.4 Å². The maximum absolute atomic E-state index is 13.4. The van der Waals surface area contributed by atoms with Gasteiger partial charge in [0.2, 0.25) is 5.91 Å². The van der Waals surface area contributed by atoms with E-state index in [0.717, 1.165) is 23.9 Å². The first-order chi connectivity index (χ1) is 13.1. The van der Waals surface area contributed by atoms with Gasteiger partial charge in [-0.3, -0.25) is 4.79 Å². The van der Waals surface area contributed by atoms with Crippen LogP contribution in [0.4, 0.5) is 15.2 Å². The van der Waals surface area contributed by atoms with Crippen LogP contribution in [0.2, 0.25) is 0 Å². The third-order valence-corrected chi connectivity index (χ3v) is 5.66. The number of hydrogen-bond acceptors (Lipinski definition) is 5. The summed E-state index contributed by atoms with van der Waals surface area (Å²) in [7, 11) is 0. The summed E-state index contributed by atoms with van der Waals surface area (Å²) in [6.07, 6.45) is 0. The van der Waals surface area contributed by atoms with Crippen LogP contribution in [0.5, 0.6) is 0 Å². The lowest BCUT2D eigenvalue weighted by Crippen LogP contribution is -2.54. The molecule has 1 N–H and O–H groups in total. The van der Waals surface area contributed by atoms with Crippen LogP contribution in [0.25, 0.3) is 0 Å². The number of aromatic nitrogens is 1. The molecule has 0 saturated carbocycles. The number of nitrogens with one attached hydrogen (secondary N) is 1. The molecule has 0 aliphatic carbocycles. The van der Waals surface area contributed by atoms with Crippen molar-refractivity contribution in [1.29, 1.82) is 0 Å². The standard InChI is InChI=1S/C21H29FN4OS/c1-14-10-25(11-15(2)23-14)20-24-17(13-28-20)12-26(19(27)21(3,4)5)18-8-6-16(22)7-9-18/h6-9,13-15,23H,10-12H2,1-5H3. The number of amides is 1. The SMILES string of the molecule is CC1CN(c2nc(CN(C(=O)C(C)(C)C)c3ccc(F)cc3)cs2)CC(C)N1. The second kappa shape index (κ2) is 8.17. The van der Waals surface area contributed by atoms with Crippen LogP contribution < -0.4 is 15.1 Å². The molecule has 0 radical (unpaired) electrons. The van der Waals surface area contributed by atoms with Crippen molar-refractivity contribution < 1.29 is 9.18 Å². The number of rotatable bonds is 4. The molecule has 28 heavy (non-hydrogen) atoms. The number of anilines is 2. The molecule has 1 aliphatic heterocycles. The van der Waals surface area contributed by atoms with Gasteiger partial charge in [-0.1, -0.05) is 20.8 Å². The van der Waals surface area contributed by atoms with E-state index in [9.17, 15) is 9.18 Å². The molecule has 2 heterocycles. The van der Waals surface area contributed by atoms with Crippen molar-refractivity contribution in [3.8, 4) is 0 Å². The van der Waals surface area contributed by atoms with Crippen molar-refractivity contribution in [3.05, 3.63) is 41.2 Å². The Kier molecular flexibility index (Phi) is 6.05. The first-order valence-electron chi connectivity index (χ1n) is 9.66. The summed E-state index contributed by atoms with van der Waals surface area (Å²) in [5.74, 6) is -0.331. The second-order valence-corrected chi connectivity index (χ2v) is 9.45. The Hall–Kier alpha value is -1.99. The van der Waals surface area contributed by atoms with Crippen LogP contribution in [-0.2, 0) is 11.3 Å². The van der Waals surface area contributed by atoms with Crippen LogP contribution in [0, 0.1) is 11.2 Å². The fourth-order valence-electron chi connectivity index (χ4n) is 3.47. The summed E-state index contributed by atoms with van der Waals surface area (Å²) >= 11 is 1.61. The van der Waals surface area contributed by atoms with Gasteiger partial charge in [0.05, 0.1) is 12.2 Å². The fourth-order valence-corrected chi connectivity index (χ4v) is 4.30. The van der Waals surface area contributed by atoms with Crippen LogP contribution in [0.1, 0.15) is 40.3 Å². The zero-order valence-corrected chi connectivity index (χ0v) is 18.0. The molecule has 152 valence electrons. The van der Waals surface area contributed by atoms with Gasteiger partial charge in [0.25, 0.3) is 0 Å². The topological polar surface area (TPSA) is 48.5 Å². The monoisotopic (exact) mass is 404 g/mol. The summed E-state index contributed by atoms with van der Waals surface area (Å²) < 4.78 is 13.4. The van der Waals surface area contributed by atoms with Crippen molar-refractivity contribution in [2.75, 3.05) is 22.9 Å². The maximum Gasteiger partial charge on any atom is 0.232 e. The van der Waals surface area contributed by atoms with E-state index in [2.05, 4.69) is 24.1 Å². The quantitative estimate of drug-likeness (QED) is 0.835. The highest BCUT2D eigenvalue weighted by Gasteiger charge is 2.29. The van der Waals surface area contributed by atoms with Gasteiger partial charge in [-0.15, -0.1) is 11.3 Å². The van der Waals surface area contributed by atoms with Gasteiger partial charge in [-0.2, -0.15) is 0 Å². The third-order valence-electron chi connectivity index (χ3n) is 4.71. The average Bonchev–Trinajstić information content (AvgIpc) is 3.07. The summed E-state index contributed by atoms with van der Waals surface area (Å²) in [6.45, 7) is 12.2. The van der Waals surface area contributed by atoms with E-state index in [-0.39, 0.29) is 11.7 Å². The summed E-state index contributed by atoms with van der Waals surface area (Å²) in [6, 6.07) is 6.88. The molecule has 1 amide bonds. The van der Waals surface area contributed by atoms with Gasteiger partial charge in [-0.05, 0) is 38.1 Å². The number of piperazine rings is 1. The van der Waals surface area contributed by atoms with Gasteiger partial charge in [0.15, 0.2) is 5.13 Å². The van der Waals surface area contributed by atoms with E-state index in [1.165, 1.54) is 12.1 Å². The predicted molar refractivity (Wildman–Crippen MR) is 113 cm³/mol. The normalized spacial score (nSPS) is 20.3. The van der Waals surface area contributed by atoms with Crippen molar-refractivity contribution in [1.82, 2.24) is 10.3 Å². The molecule has 1 fully saturated rings. The Morgan fingerprint density at radius 3 is 2.43 bits per heavy atom. The third kappa shape index (κ3) is 4.89. The fraction of sp³-hybridized carbons (Fsp3) is 0.524. The Balaban J connectivity index is 1.82. The summed E-state index contributed by atoms with van der Waals surface area (Å²) in [5.41, 5.74) is 0.984. The predicted octanol–water partition coefficient (Wildman–Crippen LogP) is 4.05. The molecular weight excluding hydrogens is 375 g/mol. The van der Waals surface area contributed by atoms with Gasteiger partial charge in [0.1, 0.15) is 5.82 Å². The minimum Gasteiger partial charge on any atom is -0.345 e. The van der Waals surface area contributed by atoms with Crippen molar-refractivity contribution in [2.45, 2.75) is 53.2 Å². The highest BCUT2D eigenvalue weighted by Crippen LogP contribution is 2.28. The number of carbonyl (C=O) groups excluding carboxylic acids is 1. The van der Waals surface area contributed by atoms with Gasteiger partial charge < -0.3 is 15.1 Å². The van der Waals surface area contributed by atoms with Crippen molar-refractivity contribution in [2.24, 2.45) is 5.41 Å². The molecule has 0 spiro atoms. The maximum atomic E-state index is 13.4. The molecule has 2 atom stereocenters. The van der Waals surface area contributed by atoms with E-state index < -0.39 is 5.41 Å². The van der Waals surface area contributed by atoms with Gasteiger partial charge >= 0.3 is 0 Å². The Morgan fingerprint density at radius 2 is 1.86 bits per heavy atom. The van der Waals surface area contributed by atoms with Crippen LogP contribution in [0.15, 0.2) is 29.6 Å². The number of thiazole rings is 1. The second-order valence-electron chi connectivity index (χ2n) is 8.61. The highest BCUT2D eigenvalue weighted by atomic mass is 32.1. The molecule has 1 aliphatic rings. The summed E-state index contributed by atoms with van der Waals surface area (Å²) in [5, 5.41) is 6.52. The highest BCUT2D eigenvalue weighted by molar-refractivity contribution is 7.13. The number of carbonyl (C=O) groups is 1. The van der Waals surface area contributed by atoms with Gasteiger partial charge in [0, 0.05) is 41.7 Å². The zero-order chi connectivity index (χ0) is 20.5. The lowest BCUT2D eigenvalue weighted by atomic mass is 9.94. The molecule has 0 bridgehead atoms. The molecular formula is C21H29FN4OS. The minimum absolute atomic E-state index is 0.0157. The summed E-state index contributed by atoms with van der Waals surface area (Å²) in [4.78, 5) is 21.8. The number of halogens is 1. The van der Waals surface area contributed by atoms with Gasteiger partial charge in [-0.25, -0.2) is 9.37 Å². The molecule has 5 nitrogen and oxygen atoms in total. The van der Waals surface area contributed by atoms with E-state index in [4.69, 9.17) is 4.98 Å². The van der Waals surface area contributed by atoms with E-state index >= 15 is 0 Å². The van der Waals surface area contributed by atoms with Crippen molar-refractivity contribution >= 4 is 28.1 Å². The largest absolute Gasteiger partial charge is 0.345 e. The van der Waals surface area contributed by atoms with Crippen LogP contribution in [-0.4, -0.2) is 36.1 Å². The van der Waals surface area contributed by atoms with E-state index in [0.29, 0.717) is 24.3 Å². The average molecular weight is 405 g/mol. The smallest absolute Gasteiger partial charge is 0.232 e. The zero-order valence-electron chi connectivity index (χ0n) is 17.2. The molecule has 1 aromatic carbocycles. The molecule has 1 aromatic heterocycles. The van der Waals surface area contributed by atoms with Crippen LogP contribution >= 0.6 is 11.3 Å². The molecule has 2 unspecified atom stereocenters. The first-order valence-corrected chi connectivity index (χ1v) is 10.5. The van der Waals surface area contributed by atoms with Crippen LogP contribution in [0.3, 0.4) is 0 Å².